The van der Waals surface area contributed by atoms with Crippen LogP contribution < -0.4 is 11.1 Å². The van der Waals surface area contributed by atoms with Gasteiger partial charge in [0.15, 0.2) is 0 Å². The van der Waals surface area contributed by atoms with Gasteiger partial charge in [-0.15, -0.1) is 0 Å². The molecule has 6 nitrogen and oxygen atoms in total. The van der Waals surface area contributed by atoms with Gasteiger partial charge in [0.25, 0.3) is 0 Å². The first-order valence-corrected chi connectivity index (χ1v) is 5.78. The molecule has 0 saturated carbocycles. The first kappa shape index (κ1) is 12.2. The molecule has 7 heteroatoms. The number of nitrogens with one attached hydrogen (secondary N) is 1. The van der Waals surface area contributed by atoms with Crippen LogP contribution in [0.4, 0.5) is 4.79 Å². The highest BCUT2D eigenvalue weighted by Crippen LogP contribution is 1.79. The zero-order chi connectivity index (χ0) is 10.3. The minimum Gasteiger partial charge on any atom is -0.448 e. The summed E-state index contributed by atoms with van der Waals surface area (Å²) in [5, 5.41) is 2.79. The standard InChI is InChI=1S/C6H14N2O4S/c1-13(10,11)5-3-8-2-4-12-6(7)9/h8H,2-5H2,1H3,(H2,7,9). The van der Waals surface area contributed by atoms with Crippen LogP contribution in [-0.2, 0) is 14.6 Å². The predicted molar refractivity (Wildman–Crippen MR) is 48.1 cm³/mol. The second-order valence-electron chi connectivity index (χ2n) is 2.55. The van der Waals surface area contributed by atoms with Crippen LogP contribution in [0.1, 0.15) is 0 Å². The third-order valence-corrected chi connectivity index (χ3v) is 2.12. The lowest BCUT2D eigenvalue weighted by Gasteiger charge is -2.03. The van der Waals surface area contributed by atoms with Crippen LogP contribution in [0.15, 0.2) is 0 Å². The summed E-state index contributed by atoms with van der Waals surface area (Å²) in [6.45, 7) is 0.901. The van der Waals surface area contributed by atoms with E-state index in [2.05, 4.69) is 10.1 Å². The lowest BCUT2D eigenvalue weighted by atomic mass is 10.6. The van der Waals surface area contributed by atoms with Crippen molar-refractivity contribution in [2.24, 2.45) is 5.73 Å². The van der Waals surface area contributed by atoms with Gasteiger partial charge in [-0.2, -0.15) is 0 Å². The van der Waals surface area contributed by atoms with Crippen molar-refractivity contribution in [3.8, 4) is 0 Å². The van der Waals surface area contributed by atoms with Gasteiger partial charge in [0.2, 0.25) is 0 Å². The molecular formula is C6H14N2O4S. The molecule has 0 heterocycles. The summed E-state index contributed by atoms with van der Waals surface area (Å²) in [5.41, 5.74) is 4.69. The van der Waals surface area contributed by atoms with E-state index in [-0.39, 0.29) is 12.4 Å². The van der Waals surface area contributed by atoms with Crippen molar-refractivity contribution in [3.63, 3.8) is 0 Å². The number of sulfone groups is 1. The molecule has 13 heavy (non-hydrogen) atoms. The van der Waals surface area contributed by atoms with E-state index in [0.29, 0.717) is 13.1 Å². The monoisotopic (exact) mass is 210 g/mol. The fourth-order valence-electron chi connectivity index (χ4n) is 0.606. The number of rotatable bonds is 6. The zero-order valence-corrected chi connectivity index (χ0v) is 8.26. The van der Waals surface area contributed by atoms with Crippen molar-refractivity contribution in [2.45, 2.75) is 0 Å². The van der Waals surface area contributed by atoms with Crippen LogP contribution in [0, 0.1) is 0 Å². The van der Waals surface area contributed by atoms with E-state index in [1.165, 1.54) is 0 Å². The lowest BCUT2D eigenvalue weighted by Crippen LogP contribution is -2.27. The van der Waals surface area contributed by atoms with Crippen LogP contribution in [0.25, 0.3) is 0 Å². The SMILES string of the molecule is CS(=O)(=O)CCNCCOC(N)=O. The van der Waals surface area contributed by atoms with E-state index in [9.17, 15) is 13.2 Å². The van der Waals surface area contributed by atoms with Gasteiger partial charge < -0.3 is 15.8 Å². The van der Waals surface area contributed by atoms with E-state index in [0.717, 1.165) is 6.26 Å². The molecule has 1 amide bonds. The Bertz CT molecular complexity index is 249. The average Bonchev–Trinajstić information content (AvgIpc) is 1.93. The fourth-order valence-corrected chi connectivity index (χ4v) is 1.12. The van der Waals surface area contributed by atoms with E-state index in [1.807, 2.05) is 0 Å². The molecule has 0 aromatic heterocycles. The Kier molecular flexibility index (Phi) is 5.40. The maximum absolute atomic E-state index is 10.6. The number of primary amides is 1. The van der Waals surface area contributed by atoms with Crippen LogP contribution in [-0.4, -0.2) is 46.2 Å². The van der Waals surface area contributed by atoms with Crippen molar-refractivity contribution in [2.75, 3.05) is 31.7 Å². The van der Waals surface area contributed by atoms with Crippen molar-refractivity contribution in [3.05, 3.63) is 0 Å². The van der Waals surface area contributed by atoms with Gasteiger partial charge in [-0.3, -0.25) is 0 Å². The minimum absolute atomic E-state index is 0.0730. The van der Waals surface area contributed by atoms with Crippen molar-refractivity contribution >= 4 is 15.9 Å². The largest absolute Gasteiger partial charge is 0.448 e. The van der Waals surface area contributed by atoms with E-state index >= 15 is 0 Å². The summed E-state index contributed by atoms with van der Waals surface area (Å²) in [6.07, 6.45) is 0.333. The smallest absolute Gasteiger partial charge is 0.404 e. The molecular weight excluding hydrogens is 196 g/mol. The fraction of sp³-hybridized carbons (Fsp3) is 0.833. The van der Waals surface area contributed by atoms with E-state index in [1.54, 1.807) is 0 Å². The first-order valence-electron chi connectivity index (χ1n) is 3.72. The topological polar surface area (TPSA) is 98.5 Å². The predicted octanol–water partition coefficient (Wildman–Crippen LogP) is -1.28. The Morgan fingerprint density at radius 1 is 1.46 bits per heavy atom. The maximum atomic E-state index is 10.6. The molecule has 0 aromatic rings. The van der Waals surface area contributed by atoms with Gasteiger partial charge in [-0.1, -0.05) is 0 Å². The highest BCUT2D eigenvalue weighted by molar-refractivity contribution is 7.90. The second kappa shape index (κ2) is 5.76. The van der Waals surface area contributed by atoms with E-state index in [4.69, 9.17) is 5.73 Å². The Balaban J connectivity index is 3.23. The van der Waals surface area contributed by atoms with Gasteiger partial charge >= 0.3 is 6.09 Å². The molecule has 78 valence electrons. The Morgan fingerprint density at radius 3 is 2.54 bits per heavy atom. The summed E-state index contributed by atoms with van der Waals surface area (Å²) in [5.74, 6) is 0.0730. The number of hydrogen-bond donors (Lipinski definition) is 2. The van der Waals surface area contributed by atoms with Crippen LogP contribution in [0.2, 0.25) is 0 Å². The third kappa shape index (κ3) is 11.2. The molecule has 0 unspecified atom stereocenters. The van der Waals surface area contributed by atoms with Crippen molar-refractivity contribution in [1.29, 1.82) is 0 Å². The summed E-state index contributed by atoms with van der Waals surface area (Å²) in [7, 11) is -2.92. The number of amides is 1. The third-order valence-electron chi connectivity index (χ3n) is 1.17. The Hall–Kier alpha value is -0.820. The van der Waals surface area contributed by atoms with E-state index < -0.39 is 15.9 Å². The molecule has 0 rings (SSSR count). The van der Waals surface area contributed by atoms with Crippen LogP contribution in [0.3, 0.4) is 0 Å². The zero-order valence-electron chi connectivity index (χ0n) is 7.45. The number of nitrogens with two attached hydrogens (primary N) is 1. The first-order chi connectivity index (χ1) is 5.92. The molecule has 0 aliphatic rings. The average molecular weight is 210 g/mol. The molecule has 0 fully saturated rings. The van der Waals surface area contributed by atoms with Gasteiger partial charge in [0, 0.05) is 19.3 Å². The molecule has 0 radical (unpaired) electrons. The van der Waals surface area contributed by atoms with Gasteiger partial charge in [-0.05, 0) is 0 Å². The molecule has 0 aromatic carbocycles. The Labute approximate surface area is 77.4 Å². The quantitative estimate of drug-likeness (QED) is 0.532. The van der Waals surface area contributed by atoms with Crippen molar-refractivity contribution < 1.29 is 17.9 Å². The number of ether oxygens (including phenoxy) is 1. The van der Waals surface area contributed by atoms with Gasteiger partial charge in [-0.25, -0.2) is 13.2 Å². The number of carbonyl (C=O) groups excluding carboxylic acids is 1. The molecule has 0 saturated heterocycles. The molecule has 0 spiro atoms. The van der Waals surface area contributed by atoms with Gasteiger partial charge in [0.05, 0.1) is 5.75 Å². The van der Waals surface area contributed by atoms with Crippen LogP contribution >= 0.6 is 0 Å². The summed E-state index contributed by atoms with van der Waals surface area (Å²) < 4.78 is 25.7. The molecule has 0 bridgehead atoms. The second-order valence-corrected chi connectivity index (χ2v) is 4.81. The summed E-state index contributed by atoms with van der Waals surface area (Å²) in [6, 6.07) is 0. The highest BCUT2D eigenvalue weighted by Gasteiger charge is 2.00. The number of carbonyl (C=O) groups is 1. The Morgan fingerprint density at radius 2 is 2.08 bits per heavy atom. The molecule has 3 N–H and O–H groups in total. The minimum atomic E-state index is -2.92. The normalized spacial score (nSPS) is 11.2. The van der Waals surface area contributed by atoms with Crippen molar-refractivity contribution in [1.82, 2.24) is 5.32 Å². The molecule has 0 aliphatic carbocycles. The van der Waals surface area contributed by atoms with Gasteiger partial charge in [0.1, 0.15) is 16.4 Å². The maximum Gasteiger partial charge on any atom is 0.404 e. The molecule has 0 aliphatic heterocycles. The number of hydrogen-bond acceptors (Lipinski definition) is 5. The molecule has 0 atom stereocenters. The highest BCUT2D eigenvalue weighted by atomic mass is 32.2. The van der Waals surface area contributed by atoms with Crippen LogP contribution in [0.5, 0.6) is 0 Å². The lowest BCUT2D eigenvalue weighted by molar-refractivity contribution is 0.157. The summed E-state index contributed by atoms with van der Waals surface area (Å²) in [4.78, 5) is 10.1. The summed E-state index contributed by atoms with van der Waals surface area (Å²) >= 11 is 0.